The Morgan fingerprint density at radius 3 is 2.35 bits per heavy atom. The molecule has 0 saturated heterocycles. The van der Waals surface area contributed by atoms with Crippen molar-refractivity contribution < 1.29 is 9.47 Å². The van der Waals surface area contributed by atoms with E-state index in [2.05, 4.69) is 41.3 Å². The van der Waals surface area contributed by atoms with Gasteiger partial charge in [-0.3, -0.25) is 5.43 Å². The molecule has 0 aliphatic heterocycles. The Morgan fingerprint density at radius 1 is 1.15 bits per heavy atom. The first-order valence-electron chi connectivity index (χ1n) is 8.00. The van der Waals surface area contributed by atoms with Gasteiger partial charge in [0.15, 0.2) is 5.16 Å². The highest BCUT2D eigenvalue weighted by Gasteiger charge is 2.26. The molecular formula is C18H23ClN4O2S. The number of anilines is 1. The molecule has 0 aliphatic rings. The molecule has 0 aliphatic carbocycles. The predicted octanol–water partition coefficient (Wildman–Crippen LogP) is 4.75. The molecule has 8 heteroatoms. The van der Waals surface area contributed by atoms with Crippen LogP contribution in [0.4, 0.5) is 5.69 Å². The van der Waals surface area contributed by atoms with Crippen LogP contribution in [0.3, 0.4) is 0 Å². The minimum Gasteiger partial charge on any atom is -0.481 e. The number of hydrogen-bond donors (Lipinski definition) is 1. The first-order chi connectivity index (χ1) is 12.3. The Labute approximate surface area is 163 Å². The van der Waals surface area contributed by atoms with Crippen LogP contribution in [0.15, 0.2) is 40.6 Å². The van der Waals surface area contributed by atoms with E-state index in [1.54, 1.807) is 20.3 Å². The van der Waals surface area contributed by atoms with Crippen molar-refractivity contribution in [1.82, 2.24) is 9.97 Å². The Balaban J connectivity index is 2.16. The fraction of sp³-hybridized carbons (Fsp3) is 0.389. The van der Waals surface area contributed by atoms with Crippen molar-refractivity contribution in [3.63, 3.8) is 0 Å². The zero-order valence-corrected chi connectivity index (χ0v) is 17.1. The third-order valence-corrected chi connectivity index (χ3v) is 5.10. The monoisotopic (exact) mass is 394 g/mol. The molecule has 1 heterocycles. The number of halogens is 1. The number of thioether (sulfide) groups is 1. The van der Waals surface area contributed by atoms with Crippen molar-refractivity contribution in [2.45, 2.75) is 31.2 Å². The highest BCUT2D eigenvalue weighted by Crippen LogP contribution is 2.34. The number of nitrogens with zero attached hydrogens (tertiary/aromatic N) is 3. The molecule has 6 nitrogen and oxygen atoms in total. The van der Waals surface area contributed by atoms with Gasteiger partial charge in [0.25, 0.3) is 0 Å². The number of methoxy groups -OCH3 is 2. The number of aromatic nitrogens is 2. The molecule has 0 bridgehead atoms. The lowest BCUT2D eigenvalue weighted by molar-refractivity contribution is 0.364. The lowest BCUT2D eigenvalue weighted by Crippen LogP contribution is -2.25. The molecule has 26 heavy (non-hydrogen) atoms. The lowest BCUT2D eigenvalue weighted by atomic mass is 9.92. The minimum absolute atomic E-state index is 0.0194. The van der Waals surface area contributed by atoms with Gasteiger partial charge in [0.05, 0.1) is 31.2 Å². The van der Waals surface area contributed by atoms with Gasteiger partial charge in [-0.25, -0.2) is 0 Å². The van der Waals surface area contributed by atoms with Gasteiger partial charge in [-0.1, -0.05) is 50.2 Å². The maximum atomic E-state index is 5.99. The average molecular weight is 395 g/mol. The Bertz CT molecular complexity index is 743. The summed E-state index contributed by atoms with van der Waals surface area (Å²) >= 11 is 7.48. The first kappa shape index (κ1) is 20.3. The second kappa shape index (κ2) is 9.09. The summed E-state index contributed by atoms with van der Waals surface area (Å²) in [4.78, 5) is 8.76. The van der Waals surface area contributed by atoms with Crippen molar-refractivity contribution in [1.29, 1.82) is 0 Å². The van der Waals surface area contributed by atoms with Gasteiger partial charge >= 0.3 is 0 Å². The van der Waals surface area contributed by atoms with Crippen LogP contribution in [0.5, 0.6) is 11.8 Å². The molecule has 1 unspecified atom stereocenters. The van der Waals surface area contributed by atoms with Crippen LogP contribution in [0.2, 0.25) is 5.02 Å². The summed E-state index contributed by atoms with van der Waals surface area (Å²) in [6.45, 7) is 6.40. The van der Waals surface area contributed by atoms with Crippen LogP contribution in [0.25, 0.3) is 0 Å². The van der Waals surface area contributed by atoms with Crippen molar-refractivity contribution >= 4 is 35.3 Å². The molecule has 1 N–H and O–H groups in total. The van der Waals surface area contributed by atoms with Gasteiger partial charge in [-0.05, 0) is 23.6 Å². The summed E-state index contributed by atoms with van der Waals surface area (Å²) in [5, 5.41) is 5.60. The maximum Gasteiger partial charge on any atom is 0.220 e. The van der Waals surface area contributed by atoms with E-state index in [1.807, 2.05) is 30.5 Å². The number of hydrazone groups is 1. The molecule has 140 valence electrons. The van der Waals surface area contributed by atoms with Gasteiger partial charge in [-0.15, -0.1) is 0 Å². The third-order valence-electron chi connectivity index (χ3n) is 3.39. The van der Waals surface area contributed by atoms with Crippen molar-refractivity contribution in [3.8, 4) is 11.8 Å². The largest absolute Gasteiger partial charge is 0.481 e. The van der Waals surface area contributed by atoms with Crippen LogP contribution >= 0.6 is 23.4 Å². The van der Waals surface area contributed by atoms with Crippen LogP contribution < -0.4 is 14.9 Å². The summed E-state index contributed by atoms with van der Waals surface area (Å²) in [6, 6.07) is 9.04. The fourth-order valence-electron chi connectivity index (χ4n) is 1.93. The number of nitrogens with one attached hydrogen (secondary N) is 1. The SMILES string of the molecule is COc1cc(OC)nc(SC(C=NNc2cccc(Cl)c2)C(C)(C)C)n1. The highest BCUT2D eigenvalue weighted by molar-refractivity contribution is 8.00. The zero-order valence-electron chi connectivity index (χ0n) is 15.5. The van der Waals surface area contributed by atoms with Gasteiger partial charge in [0.1, 0.15) is 0 Å². The second-order valence-electron chi connectivity index (χ2n) is 6.54. The van der Waals surface area contributed by atoms with Gasteiger partial charge in [0.2, 0.25) is 11.8 Å². The van der Waals surface area contributed by atoms with E-state index >= 15 is 0 Å². The molecule has 0 fully saturated rings. The topological polar surface area (TPSA) is 68.6 Å². The quantitative estimate of drug-likeness (QED) is 0.316. The van der Waals surface area contributed by atoms with Crippen LogP contribution in [-0.2, 0) is 0 Å². The van der Waals surface area contributed by atoms with Crippen LogP contribution in [0, 0.1) is 5.41 Å². The number of ether oxygens (including phenoxy) is 2. The smallest absolute Gasteiger partial charge is 0.220 e. The molecule has 1 atom stereocenters. The minimum atomic E-state index is -0.0656. The van der Waals surface area contributed by atoms with Crippen LogP contribution in [-0.4, -0.2) is 35.7 Å². The van der Waals surface area contributed by atoms with E-state index in [1.165, 1.54) is 11.8 Å². The van der Waals surface area contributed by atoms with E-state index in [0.717, 1.165) is 5.69 Å². The lowest BCUT2D eigenvalue weighted by Gasteiger charge is -2.26. The molecular weight excluding hydrogens is 372 g/mol. The standard InChI is InChI=1S/C18H23ClN4O2S/c1-18(2,3)14(11-20-23-13-8-6-7-12(19)9-13)26-17-21-15(24-4)10-16(22-17)25-5/h6-11,14,23H,1-5H3. The predicted molar refractivity (Wildman–Crippen MR) is 108 cm³/mol. The van der Waals surface area contributed by atoms with Crippen molar-refractivity contribution in [2.75, 3.05) is 19.6 Å². The molecule has 0 spiro atoms. The van der Waals surface area contributed by atoms with Gasteiger partial charge in [-0.2, -0.15) is 15.1 Å². The van der Waals surface area contributed by atoms with E-state index in [9.17, 15) is 0 Å². The molecule has 0 saturated carbocycles. The van der Waals surface area contributed by atoms with E-state index in [-0.39, 0.29) is 10.7 Å². The number of rotatable bonds is 7. The van der Waals surface area contributed by atoms with Gasteiger partial charge in [0, 0.05) is 11.2 Å². The molecule has 0 amide bonds. The Morgan fingerprint density at radius 2 is 1.81 bits per heavy atom. The van der Waals surface area contributed by atoms with Crippen LogP contribution in [0.1, 0.15) is 20.8 Å². The third kappa shape index (κ3) is 6.07. The summed E-state index contributed by atoms with van der Waals surface area (Å²) in [5.41, 5.74) is 3.76. The Hall–Kier alpha value is -1.99. The second-order valence-corrected chi connectivity index (χ2v) is 8.09. The Kier molecular flexibility index (Phi) is 7.11. The number of benzene rings is 1. The normalized spacial score (nSPS) is 12.8. The first-order valence-corrected chi connectivity index (χ1v) is 9.26. The summed E-state index contributed by atoms with van der Waals surface area (Å²) in [7, 11) is 3.13. The van der Waals surface area contributed by atoms with E-state index in [4.69, 9.17) is 21.1 Å². The summed E-state index contributed by atoms with van der Waals surface area (Å²) < 4.78 is 10.4. The van der Waals surface area contributed by atoms with Crippen molar-refractivity contribution in [2.24, 2.45) is 10.5 Å². The number of hydrogen-bond acceptors (Lipinski definition) is 7. The van der Waals surface area contributed by atoms with E-state index in [0.29, 0.717) is 21.9 Å². The zero-order chi connectivity index (χ0) is 19.2. The molecule has 2 rings (SSSR count). The molecule has 0 radical (unpaired) electrons. The maximum absolute atomic E-state index is 5.99. The fourth-order valence-corrected chi connectivity index (χ4v) is 3.11. The van der Waals surface area contributed by atoms with Gasteiger partial charge < -0.3 is 9.47 Å². The summed E-state index contributed by atoms with van der Waals surface area (Å²) in [6.07, 6.45) is 1.85. The van der Waals surface area contributed by atoms with Crippen molar-refractivity contribution in [3.05, 3.63) is 35.4 Å². The highest BCUT2D eigenvalue weighted by atomic mass is 35.5. The molecule has 2 aromatic rings. The molecule has 1 aromatic heterocycles. The molecule has 1 aromatic carbocycles. The average Bonchev–Trinajstić information content (AvgIpc) is 2.59. The summed E-state index contributed by atoms with van der Waals surface area (Å²) in [5.74, 6) is 0.919. The van der Waals surface area contributed by atoms with E-state index < -0.39 is 0 Å².